The summed E-state index contributed by atoms with van der Waals surface area (Å²) in [6.07, 6.45) is 1.92. The summed E-state index contributed by atoms with van der Waals surface area (Å²) in [6, 6.07) is 88.2. The van der Waals surface area contributed by atoms with Crippen LogP contribution in [0.2, 0.25) is 0 Å². The van der Waals surface area contributed by atoms with E-state index in [0.717, 1.165) is 73.2 Å². The zero-order valence-electron chi connectivity index (χ0n) is 49.0. The van der Waals surface area contributed by atoms with Gasteiger partial charge in [0.05, 0.1) is 33.5 Å². The molecular weight excluding hydrogens is 1010 g/mol. The molecule has 5 heteroatoms. The number of ether oxygens (including phenoxy) is 1. The highest BCUT2D eigenvalue weighted by atomic mass is 16.5. The van der Waals surface area contributed by atoms with Gasteiger partial charge in [-0.25, -0.2) is 4.98 Å². The number of hydrogen-bond donors (Lipinski definition) is 2. The van der Waals surface area contributed by atoms with Gasteiger partial charge in [-0.05, 0) is 132 Å². The van der Waals surface area contributed by atoms with E-state index in [-0.39, 0.29) is 16.2 Å². The van der Waals surface area contributed by atoms with Crippen molar-refractivity contribution in [2.75, 3.05) is 10.6 Å². The summed E-state index contributed by atoms with van der Waals surface area (Å²) in [5.74, 6) is 2.34. The zero-order chi connectivity index (χ0) is 57.3. The minimum atomic E-state index is -0.495. The maximum atomic E-state index is 6.77. The van der Waals surface area contributed by atoms with Crippen LogP contribution >= 0.6 is 0 Å². The Bertz CT molecular complexity index is 4330. The second kappa shape index (κ2) is 20.5. The second-order valence-electron chi connectivity index (χ2n) is 25.4. The number of para-hydroxylation sites is 4. The van der Waals surface area contributed by atoms with Gasteiger partial charge in [0.15, 0.2) is 0 Å². The van der Waals surface area contributed by atoms with Crippen LogP contribution in [0.4, 0.5) is 22.7 Å². The first-order valence-corrected chi connectivity index (χ1v) is 29.1. The van der Waals surface area contributed by atoms with Crippen LogP contribution in [-0.2, 0) is 21.7 Å². The highest BCUT2D eigenvalue weighted by Gasteiger charge is 2.46. The number of anilines is 4. The lowest BCUT2D eigenvalue weighted by Crippen LogP contribution is -2.28. The van der Waals surface area contributed by atoms with Crippen molar-refractivity contribution in [2.45, 2.75) is 84.0 Å². The van der Waals surface area contributed by atoms with Crippen LogP contribution in [-0.4, -0.2) is 9.55 Å². The van der Waals surface area contributed by atoms with E-state index in [9.17, 15) is 0 Å². The molecule has 0 fully saturated rings. The Morgan fingerprint density at radius 1 is 0.386 bits per heavy atom. The lowest BCUT2D eigenvalue weighted by Gasteiger charge is -2.34. The number of aromatic nitrogens is 2. The van der Waals surface area contributed by atoms with Crippen molar-refractivity contribution in [3.8, 4) is 50.7 Å². The monoisotopic (exact) mass is 1080 g/mol. The molecule has 83 heavy (non-hydrogen) atoms. The standard InChI is InChI=1S/C78H70N4O/c1-75(2,3)55-43-44-79-73(48-55)82-71-36-20-15-29-65(71)66-42-41-60(50-72(66)82)83-59-26-21-25-58(49-59)80-69-34-18-19-35-70(69)81-74-61(30-22-31-62(74)52-45-56(76(4,5)6)47-57(46-52)77(7,8)9)51-37-39-54(40-38-51)78(53-23-11-10-12-24-53)67-32-16-13-27-63(67)64-28-14-17-33-68(64)78/h10-50,80-81H,1-9H3. The molecule has 0 saturated carbocycles. The largest absolute Gasteiger partial charge is 0.457 e. The van der Waals surface area contributed by atoms with Gasteiger partial charge in [0.2, 0.25) is 0 Å². The smallest absolute Gasteiger partial charge is 0.137 e. The zero-order valence-corrected chi connectivity index (χ0v) is 49.0. The number of nitrogens with one attached hydrogen (secondary N) is 2. The number of nitrogens with zero attached hydrogens (tertiary/aromatic N) is 2. The average molecular weight is 1080 g/mol. The summed E-state index contributed by atoms with van der Waals surface area (Å²) in [5.41, 5.74) is 21.3. The maximum Gasteiger partial charge on any atom is 0.137 e. The van der Waals surface area contributed by atoms with Crippen molar-refractivity contribution >= 4 is 44.6 Å². The summed E-state index contributed by atoms with van der Waals surface area (Å²) in [7, 11) is 0. The molecule has 0 saturated heterocycles. The van der Waals surface area contributed by atoms with E-state index in [4.69, 9.17) is 9.72 Å². The fraction of sp³-hybridized carbons (Fsp3) is 0.167. The van der Waals surface area contributed by atoms with Crippen LogP contribution in [0.3, 0.4) is 0 Å². The molecule has 10 aromatic carbocycles. The molecule has 1 aliphatic carbocycles. The van der Waals surface area contributed by atoms with Crippen molar-refractivity contribution < 1.29 is 4.74 Å². The van der Waals surface area contributed by atoms with Crippen LogP contribution in [0.25, 0.3) is 61.0 Å². The molecule has 12 aromatic rings. The molecule has 2 aromatic heterocycles. The normalized spacial score (nSPS) is 13.0. The second-order valence-corrected chi connectivity index (χ2v) is 25.4. The van der Waals surface area contributed by atoms with Gasteiger partial charge in [-0.2, -0.15) is 0 Å². The Labute approximate surface area is 489 Å². The number of rotatable bonds is 11. The van der Waals surface area contributed by atoms with Crippen LogP contribution in [0, 0.1) is 0 Å². The Hall–Kier alpha value is -9.45. The fourth-order valence-corrected chi connectivity index (χ4v) is 12.5. The minimum Gasteiger partial charge on any atom is -0.457 e. The minimum absolute atomic E-state index is 0.0262. The molecule has 0 bridgehead atoms. The summed E-state index contributed by atoms with van der Waals surface area (Å²) < 4.78 is 9.03. The Balaban J connectivity index is 0.886. The SMILES string of the molecule is CC(C)(C)c1cc(-c2cccc(-c3ccc(C4(c5ccccc5)c5ccccc5-c5ccccc54)cc3)c2Nc2ccccc2Nc2cccc(Oc3ccc4c5ccccc5n(-c5cc(C(C)(C)C)ccn5)c4c3)c2)cc(C(C)(C)C)c1. The third kappa shape index (κ3) is 9.64. The third-order valence-electron chi connectivity index (χ3n) is 16.8. The van der Waals surface area contributed by atoms with Gasteiger partial charge in [-0.1, -0.05) is 238 Å². The molecule has 5 nitrogen and oxygen atoms in total. The summed E-state index contributed by atoms with van der Waals surface area (Å²) >= 11 is 0. The highest BCUT2D eigenvalue weighted by Crippen LogP contribution is 2.56. The van der Waals surface area contributed by atoms with E-state index in [1.165, 1.54) is 61.0 Å². The van der Waals surface area contributed by atoms with E-state index in [1.54, 1.807) is 0 Å². The van der Waals surface area contributed by atoms with Gasteiger partial charge in [0.25, 0.3) is 0 Å². The first kappa shape index (κ1) is 52.9. The van der Waals surface area contributed by atoms with E-state index in [2.05, 4.69) is 308 Å². The van der Waals surface area contributed by atoms with E-state index < -0.39 is 5.41 Å². The number of benzene rings is 10. The molecule has 0 aliphatic heterocycles. The third-order valence-corrected chi connectivity index (χ3v) is 16.8. The van der Waals surface area contributed by atoms with Gasteiger partial charge < -0.3 is 15.4 Å². The van der Waals surface area contributed by atoms with E-state index in [0.29, 0.717) is 0 Å². The lowest BCUT2D eigenvalue weighted by atomic mass is 9.67. The Kier molecular flexibility index (Phi) is 13.1. The van der Waals surface area contributed by atoms with Crippen molar-refractivity contribution in [3.63, 3.8) is 0 Å². The van der Waals surface area contributed by atoms with Crippen molar-refractivity contribution in [1.82, 2.24) is 9.55 Å². The first-order valence-electron chi connectivity index (χ1n) is 29.1. The number of pyridine rings is 1. The molecule has 0 spiro atoms. The molecule has 0 amide bonds. The predicted octanol–water partition coefficient (Wildman–Crippen LogP) is 21.0. The van der Waals surface area contributed by atoms with Crippen LogP contribution in [0.5, 0.6) is 11.5 Å². The molecule has 0 radical (unpaired) electrons. The molecule has 0 atom stereocenters. The van der Waals surface area contributed by atoms with Crippen molar-refractivity contribution in [1.29, 1.82) is 0 Å². The van der Waals surface area contributed by atoms with Crippen LogP contribution in [0.1, 0.15) is 101 Å². The van der Waals surface area contributed by atoms with Crippen LogP contribution < -0.4 is 15.4 Å². The predicted molar refractivity (Wildman–Crippen MR) is 349 cm³/mol. The molecule has 2 N–H and O–H groups in total. The van der Waals surface area contributed by atoms with E-state index >= 15 is 0 Å². The molecular formula is C78H70N4O. The molecule has 2 heterocycles. The van der Waals surface area contributed by atoms with Gasteiger partial charge in [-0.3, -0.25) is 4.57 Å². The summed E-state index contributed by atoms with van der Waals surface area (Å²) in [5, 5.41) is 10.2. The number of hydrogen-bond acceptors (Lipinski definition) is 4. The topological polar surface area (TPSA) is 51.1 Å². The molecule has 1 aliphatic rings. The Morgan fingerprint density at radius 2 is 0.928 bits per heavy atom. The van der Waals surface area contributed by atoms with Crippen molar-refractivity contribution in [2.24, 2.45) is 0 Å². The van der Waals surface area contributed by atoms with Gasteiger partial charge in [-0.15, -0.1) is 0 Å². The quantitative estimate of drug-likeness (QED) is 0.136. The summed E-state index contributed by atoms with van der Waals surface area (Å²) in [4.78, 5) is 4.91. The summed E-state index contributed by atoms with van der Waals surface area (Å²) in [6.45, 7) is 20.6. The highest BCUT2D eigenvalue weighted by molar-refractivity contribution is 6.09. The molecule has 0 unspecified atom stereocenters. The average Bonchev–Trinajstić information content (AvgIpc) is 1.78. The maximum absolute atomic E-state index is 6.77. The van der Waals surface area contributed by atoms with Gasteiger partial charge in [0, 0.05) is 45.9 Å². The van der Waals surface area contributed by atoms with Gasteiger partial charge >= 0.3 is 0 Å². The Morgan fingerprint density at radius 3 is 1.60 bits per heavy atom. The fourth-order valence-electron chi connectivity index (χ4n) is 12.5. The molecule has 408 valence electrons. The van der Waals surface area contributed by atoms with Crippen LogP contribution in [0.15, 0.2) is 249 Å². The first-order chi connectivity index (χ1) is 40.0. The molecule has 13 rings (SSSR count). The lowest BCUT2D eigenvalue weighted by molar-refractivity contribution is 0.483. The van der Waals surface area contributed by atoms with Crippen molar-refractivity contribution in [3.05, 3.63) is 288 Å². The van der Waals surface area contributed by atoms with Gasteiger partial charge in [0.1, 0.15) is 17.3 Å². The number of fused-ring (bicyclic) bond motifs is 6. The van der Waals surface area contributed by atoms with E-state index in [1.807, 2.05) is 18.3 Å².